The molecule has 0 spiro atoms. The number of Topliss-reactive ketones (excluding diaryl/α,β-unsaturated/α-hetero) is 1. The molecule has 1 aliphatic heterocycles. The summed E-state index contributed by atoms with van der Waals surface area (Å²) in [5.74, 6) is 0.421. The Kier molecular flexibility index (Phi) is 8.05. The van der Waals surface area contributed by atoms with E-state index < -0.39 is 6.10 Å². The lowest BCUT2D eigenvalue weighted by molar-refractivity contribution is -0.131. The first kappa shape index (κ1) is 19.3. The molecule has 0 aliphatic carbocycles. The second kappa shape index (κ2) is 8.76. The average Bonchev–Trinajstić information content (AvgIpc) is 2.40. The fourth-order valence-electron chi connectivity index (χ4n) is 2.97. The fraction of sp³-hybridized carbons (Fsp3) is 0.933. The molecule has 1 saturated heterocycles. The van der Waals surface area contributed by atoms with Gasteiger partial charge >= 0.3 is 0 Å². The first-order valence-corrected chi connectivity index (χ1v) is 8.55. The summed E-state index contributed by atoms with van der Waals surface area (Å²) < 4.78 is 4.93. The van der Waals surface area contributed by atoms with E-state index in [1.54, 1.807) is 0 Å². The van der Waals surface area contributed by atoms with Crippen molar-refractivity contribution in [2.45, 2.75) is 33.8 Å². The zero-order chi connectivity index (χ0) is 16.0. The Bertz CT molecular complexity index is 329. The molecule has 0 aromatic heterocycles. The number of aliphatic hydroxyl groups is 1. The van der Waals surface area contributed by atoms with Crippen LogP contribution in [0.25, 0.3) is 0 Å². The lowest BCUT2D eigenvalue weighted by atomic mass is 9.82. The lowest BCUT2D eigenvalue weighted by Gasteiger charge is -2.39. The zero-order valence-electron chi connectivity index (χ0n) is 13.6. The van der Waals surface area contributed by atoms with Crippen molar-refractivity contribution >= 4 is 28.8 Å². The number of carbonyl (C=O) groups excluding carboxylic acids is 1. The molecule has 1 N–H and O–H groups in total. The summed E-state index contributed by atoms with van der Waals surface area (Å²) in [5, 5.41) is 9.76. The standard InChI is InChI=1S/C15H29IN2O3/c1-12(2)14(20)15(3,4)11-18-7-5-17(6-8-18)9-13(19)10-21-16/h12-13,19H,5-11H2,1-4H3. The minimum Gasteiger partial charge on any atom is -0.389 e. The summed E-state index contributed by atoms with van der Waals surface area (Å²) in [6, 6.07) is 0. The van der Waals surface area contributed by atoms with Gasteiger partial charge in [0.15, 0.2) is 0 Å². The van der Waals surface area contributed by atoms with Crippen LogP contribution in [-0.2, 0) is 7.86 Å². The van der Waals surface area contributed by atoms with E-state index in [9.17, 15) is 9.90 Å². The summed E-state index contributed by atoms with van der Waals surface area (Å²) in [7, 11) is 0. The van der Waals surface area contributed by atoms with Crippen LogP contribution in [0.1, 0.15) is 27.7 Å². The van der Waals surface area contributed by atoms with Crippen LogP contribution >= 0.6 is 23.0 Å². The monoisotopic (exact) mass is 412 g/mol. The van der Waals surface area contributed by atoms with Gasteiger partial charge in [0, 0.05) is 50.6 Å². The quantitative estimate of drug-likeness (QED) is 0.614. The van der Waals surface area contributed by atoms with Gasteiger partial charge < -0.3 is 8.17 Å². The van der Waals surface area contributed by atoms with E-state index >= 15 is 0 Å². The summed E-state index contributed by atoms with van der Waals surface area (Å²) in [6.45, 7) is 13.6. The lowest BCUT2D eigenvalue weighted by Crippen LogP contribution is -2.52. The van der Waals surface area contributed by atoms with Crippen molar-refractivity contribution in [1.29, 1.82) is 0 Å². The predicted molar refractivity (Wildman–Crippen MR) is 92.5 cm³/mol. The van der Waals surface area contributed by atoms with Gasteiger partial charge in [0.2, 0.25) is 0 Å². The molecular formula is C15H29IN2O3. The number of halogens is 1. The summed E-state index contributed by atoms with van der Waals surface area (Å²) in [6.07, 6.45) is -0.424. The Morgan fingerprint density at radius 1 is 1.24 bits per heavy atom. The second-order valence-corrected chi connectivity index (χ2v) is 7.53. The van der Waals surface area contributed by atoms with Gasteiger partial charge in [0.05, 0.1) is 12.7 Å². The molecule has 1 fully saturated rings. The van der Waals surface area contributed by atoms with Gasteiger partial charge in [-0.2, -0.15) is 0 Å². The largest absolute Gasteiger partial charge is 0.389 e. The third-order valence-electron chi connectivity index (χ3n) is 4.00. The number of carbonyl (C=O) groups is 1. The number of hydrogen-bond donors (Lipinski definition) is 1. The Labute approximate surface area is 142 Å². The number of nitrogens with zero attached hydrogens (tertiary/aromatic N) is 2. The maximum atomic E-state index is 12.2. The Balaban J connectivity index is 2.38. The number of ketones is 1. The normalized spacial score (nSPS) is 20.0. The highest BCUT2D eigenvalue weighted by Crippen LogP contribution is 2.23. The van der Waals surface area contributed by atoms with Gasteiger partial charge in [-0.25, -0.2) is 0 Å². The minimum atomic E-state index is -0.424. The van der Waals surface area contributed by atoms with Crippen LogP contribution in [0.4, 0.5) is 0 Å². The number of aliphatic hydroxyl groups excluding tert-OH is 1. The smallest absolute Gasteiger partial charge is 0.142 e. The van der Waals surface area contributed by atoms with Crippen molar-refractivity contribution in [3.05, 3.63) is 0 Å². The van der Waals surface area contributed by atoms with Crippen LogP contribution in [0.5, 0.6) is 0 Å². The Morgan fingerprint density at radius 2 is 1.76 bits per heavy atom. The third kappa shape index (κ3) is 6.48. The van der Waals surface area contributed by atoms with Gasteiger partial charge in [0.25, 0.3) is 0 Å². The highest BCUT2D eigenvalue weighted by Gasteiger charge is 2.32. The molecule has 1 unspecified atom stereocenters. The first-order chi connectivity index (χ1) is 9.76. The minimum absolute atomic E-state index is 0.0877. The van der Waals surface area contributed by atoms with Crippen LogP contribution in [0, 0.1) is 11.3 Å². The maximum Gasteiger partial charge on any atom is 0.142 e. The van der Waals surface area contributed by atoms with Gasteiger partial charge in [0.1, 0.15) is 28.8 Å². The highest BCUT2D eigenvalue weighted by molar-refractivity contribution is 14.1. The molecule has 1 heterocycles. The number of β-amino-alcohol motifs (C(OH)–C–C–N with tert-alkyl or cyclic N) is 1. The molecule has 1 aliphatic rings. The van der Waals surface area contributed by atoms with E-state index in [1.807, 2.05) is 50.7 Å². The van der Waals surface area contributed by atoms with E-state index in [-0.39, 0.29) is 11.3 Å². The van der Waals surface area contributed by atoms with E-state index in [2.05, 4.69) is 9.80 Å². The zero-order valence-corrected chi connectivity index (χ0v) is 15.8. The fourth-order valence-corrected chi connectivity index (χ4v) is 3.39. The van der Waals surface area contributed by atoms with Gasteiger partial charge in [-0.15, -0.1) is 0 Å². The molecule has 0 aromatic carbocycles. The molecule has 1 atom stereocenters. The van der Waals surface area contributed by atoms with Crippen LogP contribution in [0.15, 0.2) is 0 Å². The number of piperazine rings is 1. The first-order valence-electron chi connectivity index (χ1n) is 7.67. The highest BCUT2D eigenvalue weighted by atomic mass is 127. The second-order valence-electron chi connectivity index (χ2n) is 6.91. The third-order valence-corrected chi connectivity index (χ3v) is 4.36. The number of hydrogen-bond acceptors (Lipinski definition) is 5. The van der Waals surface area contributed by atoms with Crippen LogP contribution < -0.4 is 0 Å². The molecular weight excluding hydrogens is 383 g/mol. The summed E-state index contributed by atoms with van der Waals surface area (Å²) in [4.78, 5) is 16.9. The van der Waals surface area contributed by atoms with E-state index in [1.165, 1.54) is 0 Å². The molecule has 0 aromatic rings. The van der Waals surface area contributed by atoms with Crippen molar-refractivity contribution in [3.63, 3.8) is 0 Å². The molecule has 0 amide bonds. The molecule has 0 bridgehead atoms. The molecule has 21 heavy (non-hydrogen) atoms. The van der Waals surface area contributed by atoms with E-state index in [0.717, 1.165) is 32.7 Å². The van der Waals surface area contributed by atoms with Crippen LogP contribution in [-0.4, -0.2) is 72.7 Å². The molecule has 0 radical (unpaired) electrons. The van der Waals surface area contributed by atoms with Crippen molar-refractivity contribution in [3.8, 4) is 0 Å². The molecule has 6 heteroatoms. The molecule has 124 valence electrons. The van der Waals surface area contributed by atoms with Gasteiger partial charge in [-0.1, -0.05) is 27.7 Å². The Hall–Kier alpha value is 0.240. The van der Waals surface area contributed by atoms with Crippen molar-refractivity contribution in [2.24, 2.45) is 11.3 Å². The topological polar surface area (TPSA) is 53.0 Å². The molecule has 5 nitrogen and oxygen atoms in total. The van der Waals surface area contributed by atoms with Crippen molar-refractivity contribution < 1.29 is 13.0 Å². The maximum absolute atomic E-state index is 12.2. The van der Waals surface area contributed by atoms with Gasteiger partial charge in [-0.05, 0) is 0 Å². The van der Waals surface area contributed by atoms with Crippen molar-refractivity contribution in [1.82, 2.24) is 9.80 Å². The van der Waals surface area contributed by atoms with Crippen LogP contribution in [0.3, 0.4) is 0 Å². The Morgan fingerprint density at radius 3 is 2.24 bits per heavy atom. The summed E-state index contributed by atoms with van der Waals surface area (Å²) in [5.41, 5.74) is -0.287. The molecule has 0 saturated carbocycles. The SMILES string of the molecule is CC(C)C(=O)C(C)(C)CN1CCN(CC(O)COI)CC1. The average molecular weight is 412 g/mol. The van der Waals surface area contributed by atoms with Crippen LogP contribution in [0.2, 0.25) is 0 Å². The summed E-state index contributed by atoms with van der Waals surface area (Å²) >= 11 is 1.81. The van der Waals surface area contributed by atoms with E-state index in [4.69, 9.17) is 3.07 Å². The van der Waals surface area contributed by atoms with Gasteiger partial charge in [-0.3, -0.25) is 14.6 Å². The van der Waals surface area contributed by atoms with E-state index in [0.29, 0.717) is 18.9 Å². The van der Waals surface area contributed by atoms with Crippen molar-refractivity contribution in [2.75, 3.05) is 45.9 Å². The molecule has 1 rings (SSSR count). The predicted octanol–water partition coefficient (Wildman–Crippen LogP) is 1.58. The number of rotatable bonds is 8.